The molecule has 2 heterocycles. The number of carbonyl (C=O) groups excluding carboxylic acids is 1. The molecule has 0 spiro atoms. The Morgan fingerprint density at radius 1 is 1.33 bits per heavy atom. The quantitative estimate of drug-likeness (QED) is 0.794. The van der Waals surface area contributed by atoms with E-state index in [9.17, 15) is 9.59 Å². The third-order valence-corrected chi connectivity index (χ3v) is 4.99. The van der Waals surface area contributed by atoms with Crippen LogP contribution in [0.5, 0.6) is 5.75 Å². The molecule has 0 aliphatic carbocycles. The molecule has 0 bridgehead atoms. The Labute approximate surface area is 157 Å². The lowest BCUT2D eigenvalue weighted by Crippen LogP contribution is -2.37. The third-order valence-electron chi connectivity index (χ3n) is 4.99. The zero-order valence-electron chi connectivity index (χ0n) is 15.4. The minimum absolute atomic E-state index is 0.0267. The molecule has 1 aromatic heterocycles. The SMILES string of the molecule is COc1ccc(-c2noc(CCCC(=O)N3CCC(C(=O)O)C3C)n2)cc1. The van der Waals surface area contributed by atoms with Gasteiger partial charge in [0.1, 0.15) is 5.75 Å². The lowest BCUT2D eigenvalue weighted by molar-refractivity contribution is -0.143. The van der Waals surface area contributed by atoms with E-state index < -0.39 is 11.9 Å². The summed E-state index contributed by atoms with van der Waals surface area (Å²) in [6.45, 7) is 2.29. The number of nitrogens with zero attached hydrogens (tertiary/aromatic N) is 3. The van der Waals surface area contributed by atoms with Gasteiger partial charge < -0.3 is 19.3 Å². The maximum Gasteiger partial charge on any atom is 0.308 e. The third kappa shape index (κ3) is 4.27. The summed E-state index contributed by atoms with van der Waals surface area (Å²) in [4.78, 5) is 29.5. The van der Waals surface area contributed by atoms with Gasteiger partial charge in [-0.05, 0) is 44.0 Å². The molecule has 27 heavy (non-hydrogen) atoms. The highest BCUT2D eigenvalue weighted by molar-refractivity contribution is 5.79. The van der Waals surface area contributed by atoms with E-state index in [-0.39, 0.29) is 11.9 Å². The molecule has 1 amide bonds. The molecule has 2 aromatic rings. The number of carboxylic acids is 1. The van der Waals surface area contributed by atoms with Crippen molar-refractivity contribution < 1.29 is 24.0 Å². The molecule has 2 atom stereocenters. The van der Waals surface area contributed by atoms with Crippen LogP contribution < -0.4 is 4.74 Å². The fourth-order valence-electron chi connectivity index (χ4n) is 3.37. The Bertz CT molecular complexity index is 802. The Morgan fingerprint density at radius 3 is 2.70 bits per heavy atom. The van der Waals surface area contributed by atoms with Crippen molar-refractivity contribution in [2.24, 2.45) is 5.92 Å². The van der Waals surface area contributed by atoms with Crippen LogP contribution >= 0.6 is 0 Å². The molecule has 3 rings (SSSR count). The van der Waals surface area contributed by atoms with E-state index >= 15 is 0 Å². The second-order valence-electron chi connectivity index (χ2n) is 6.65. The Kier molecular flexibility index (Phi) is 5.73. The number of carbonyl (C=O) groups is 2. The van der Waals surface area contributed by atoms with E-state index in [1.54, 1.807) is 18.9 Å². The molecule has 1 aliphatic rings. The molecular formula is C19H23N3O5. The molecule has 8 nitrogen and oxygen atoms in total. The first-order chi connectivity index (χ1) is 13.0. The number of amides is 1. The highest BCUT2D eigenvalue weighted by Crippen LogP contribution is 2.25. The van der Waals surface area contributed by atoms with Crippen molar-refractivity contribution >= 4 is 11.9 Å². The van der Waals surface area contributed by atoms with E-state index in [2.05, 4.69) is 10.1 Å². The predicted molar refractivity (Wildman–Crippen MR) is 96.1 cm³/mol. The molecule has 1 saturated heterocycles. The van der Waals surface area contributed by atoms with E-state index in [1.165, 1.54) is 0 Å². The molecular weight excluding hydrogens is 350 g/mol. The van der Waals surface area contributed by atoms with Gasteiger partial charge >= 0.3 is 5.97 Å². The molecule has 144 valence electrons. The number of ether oxygens (including phenoxy) is 1. The zero-order valence-corrected chi connectivity index (χ0v) is 15.4. The summed E-state index contributed by atoms with van der Waals surface area (Å²) in [6, 6.07) is 7.09. The summed E-state index contributed by atoms with van der Waals surface area (Å²) in [5, 5.41) is 13.1. The summed E-state index contributed by atoms with van der Waals surface area (Å²) in [5.74, 6) is 0.387. The number of carboxylic acid groups (broad SMARTS) is 1. The molecule has 0 saturated carbocycles. The van der Waals surface area contributed by atoms with Gasteiger partial charge in [0, 0.05) is 31.0 Å². The Morgan fingerprint density at radius 2 is 2.07 bits per heavy atom. The van der Waals surface area contributed by atoms with Gasteiger partial charge in [0.05, 0.1) is 13.0 Å². The van der Waals surface area contributed by atoms with Crippen LogP contribution in [0.3, 0.4) is 0 Å². The number of hydrogen-bond donors (Lipinski definition) is 1. The van der Waals surface area contributed by atoms with Crippen molar-refractivity contribution in [3.63, 3.8) is 0 Å². The van der Waals surface area contributed by atoms with E-state index in [0.717, 1.165) is 11.3 Å². The van der Waals surface area contributed by atoms with Crippen LogP contribution in [0.2, 0.25) is 0 Å². The number of aryl methyl sites for hydroxylation is 1. The summed E-state index contributed by atoms with van der Waals surface area (Å²) < 4.78 is 10.4. The maximum atomic E-state index is 12.4. The highest BCUT2D eigenvalue weighted by atomic mass is 16.5. The van der Waals surface area contributed by atoms with Crippen LogP contribution in [-0.2, 0) is 16.0 Å². The van der Waals surface area contributed by atoms with Crippen LogP contribution in [-0.4, -0.2) is 51.7 Å². The van der Waals surface area contributed by atoms with Gasteiger partial charge in [-0.2, -0.15) is 4.98 Å². The van der Waals surface area contributed by atoms with Crippen molar-refractivity contribution in [1.82, 2.24) is 15.0 Å². The van der Waals surface area contributed by atoms with Crippen molar-refractivity contribution in [3.05, 3.63) is 30.2 Å². The molecule has 1 fully saturated rings. The fourth-order valence-corrected chi connectivity index (χ4v) is 3.37. The van der Waals surface area contributed by atoms with E-state index in [1.807, 2.05) is 24.3 Å². The lowest BCUT2D eigenvalue weighted by atomic mass is 10.0. The summed E-state index contributed by atoms with van der Waals surface area (Å²) >= 11 is 0. The number of hydrogen-bond acceptors (Lipinski definition) is 6. The van der Waals surface area contributed by atoms with Gasteiger partial charge in [-0.1, -0.05) is 5.16 Å². The van der Waals surface area contributed by atoms with E-state index in [0.29, 0.717) is 43.9 Å². The molecule has 1 N–H and O–H groups in total. The molecule has 0 radical (unpaired) electrons. The Hall–Kier alpha value is -2.90. The van der Waals surface area contributed by atoms with Gasteiger partial charge in [-0.3, -0.25) is 9.59 Å². The first kappa shape index (κ1) is 18.9. The Balaban J connectivity index is 1.50. The second-order valence-corrected chi connectivity index (χ2v) is 6.65. The smallest absolute Gasteiger partial charge is 0.308 e. The number of aliphatic carboxylic acids is 1. The van der Waals surface area contributed by atoms with Crippen LogP contribution in [0.15, 0.2) is 28.8 Å². The number of rotatable bonds is 7. The van der Waals surface area contributed by atoms with Crippen molar-refractivity contribution in [3.8, 4) is 17.1 Å². The van der Waals surface area contributed by atoms with Gasteiger partial charge in [0.2, 0.25) is 17.6 Å². The normalized spacial score (nSPS) is 19.3. The monoisotopic (exact) mass is 373 g/mol. The average Bonchev–Trinajstić information content (AvgIpc) is 3.28. The lowest BCUT2D eigenvalue weighted by Gasteiger charge is -2.23. The molecule has 1 aromatic carbocycles. The topological polar surface area (TPSA) is 106 Å². The minimum Gasteiger partial charge on any atom is -0.497 e. The van der Waals surface area contributed by atoms with Gasteiger partial charge in [-0.15, -0.1) is 0 Å². The number of likely N-dealkylation sites (tertiary alicyclic amines) is 1. The van der Waals surface area contributed by atoms with Gasteiger partial charge in [0.25, 0.3) is 0 Å². The minimum atomic E-state index is -0.838. The van der Waals surface area contributed by atoms with Gasteiger partial charge in [0.15, 0.2) is 0 Å². The van der Waals surface area contributed by atoms with Gasteiger partial charge in [-0.25, -0.2) is 0 Å². The van der Waals surface area contributed by atoms with Crippen molar-refractivity contribution in [2.45, 2.75) is 38.6 Å². The van der Waals surface area contributed by atoms with Crippen molar-refractivity contribution in [1.29, 1.82) is 0 Å². The molecule has 1 aliphatic heterocycles. The molecule has 8 heteroatoms. The number of benzene rings is 1. The van der Waals surface area contributed by atoms with Crippen molar-refractivity contribution in [2.75, 3.05) is 13.7 Å². The summed E-state index contributed by atoms with van der Waals surface area (Å²) in [7, 11) is 1.60. The van der Waals surface area contributed by atoms with Crippen LogP contribution in [0.25, 0.3) is 11.4 Å². The second kappa shape index (κ2) is 8.20. The first-order valence-electron chi connectivity index (χ1n) is 8.99. The van der Waals surface area contributed by atoms with E-state index in [4.69, 9.17) is 14.4 Å². The summed E-state index contributed by atoms with van der Waals surface area (Å²) in [6.07, 6.45) is 1.91. The molecule has 2 unspecified atom stereocenters. The zero-order chi connectivity index (χ0) is 19.4. The number of methoxy groups -OCH3 is 1. The standard InChI is InChI=1S/C19H23N3O5/c1-12-15(19(24)25)10-11-22(12)17(23)5-3-4-16-20-18(21-27-16)13-6-8-14(26-2)9-7-13/h6-9,12,15H,3-5,10-11H2,1-2H3,(H,24,25). The highest BCUT2D eigenvalue weighted by Gasteiger charge is 2.37. The largest absolute Gasteiger partial charge is 0.497 e. The number of aromatic nitrogens is 2. The van der Waals surface area contributed by atoms with Crippen LogP contribution in [0.4, 0.5) is 0 Å². The van der Waals surface area contributed by atoms with Crippen LogP contribution in [0.1, 0.15) is 32.1 Å². The predicted octanol–water partition coefficient (Wildman–Crippen LogP) is 2.39. The first-order valence-corrected chi connectivity index (χ1v) is 8.99. The summed E-state index contributed by atoms with van der Waals surface area (Å²) in [5.41, 5.74) is 0.826. The fraction of sp³-hybridized carbons (Fsp3) is 0.474. The average molecular weight is 373 g/mol. The van der Waals surface area contributed by atoms with Crippen LogP contribution in [0, 0.1) is 5.92 Å². The maximum absolute atomic E-state index is 12.4.